The Morgan fingerprint density at radius 2 is 0.664 bits per heavy atom. The highest BCUT2D eigenvalue weighted by molar-refractivity contribution is 7.47. The lowest BCUT2D eigenvalue weighted by atomic mass is 9.84. The number of carbonyl (C=O) groups is 4. The summed E-state index contributed by atoms with van der Waals surface area (Å²) in [5.74, 6) is -2.96. The van der Waals surface area contributed by atoms with E-state index < -0.39 is 162 Å². The molecule has 1 aliphatic carbocycles. The van der Waals surface area contributed by atoms with E-state index in [1.165, 1.54) is 154 Å². The number of hydrogen-bond donors (Lipinski definition) is 10. The van der Waals surface area contributed by atoms with Crippen LogP contribution in [0.1, 0.15) is 387 Å². The van der Waals surface area contributed by atoms with Crippen molar-refractivity contribution < 1.29 is 122 Å². The SMILES string of the molecule is CCCCCC/C=C\CCCCCCCCCC(=O)OCC1OC(OC2C(OC(=O)CCCCCCCCCCCCCCC)C(O)C(O)C(OC3OC(CO)C(O)C(O)C3O)C2OP(=O)(O)OCC(COC(=O)CCCCCCCCCCCCCCC)OC(=O)CCCCCCCCCCCCCCC)C(O)C(O)C1O. The van der Waals surface area contributed by atoms with Crippen molar-refractivity contribution in [1.82, 2.24) is 0 Å². The maximum absolute atomic E-state index is 14.9. The zero-order valence-corrected chi connectivity index (χ0v) is 71.3. The van der Waals surface area contributed by atoms with E-state index >= 15 is 0 Å². The van der Waals surface area contributed by atoms with E-state index in [0.29, 0.717) is 32.1 Å². The summed E-state index contributed by atoms with van der Waals surface area (Å²) in [5, 5.41) is 102. The number of aliphatic hydroxyl groups excluding tert-OH is 9. The number of aliphatic hydroxyl groups is 9. The maximum atomic E-state index is 14.9. The Labute approximate surface area is 680 Å². The van der Waals surface area contributed by atoms with Crippen molar-refractivity contribution in [2.75, 3.05) is 26.4 Å². The summed E-state index contributed by atoms with van der Waals surface area (Å²) in [4.78, 5) is 66.3. The zero-order chi connectivity index (χ0) is 82.5. The van der Waals surface area contributed by atoms with Crippen LogP contribution in [-0.2, 0) is 70.7 Å². The minimum absolute atomic E-state index is 0.0110. The van der Waals surface area contributed by atoms with Crippen molar-refractivity contribution in [3.05, 3.63) is 12.2 Å². The number of carbonyl (C=O) groups excluding carboxylic acids is 4. The molecule has 0 radical (unpaired) electrons. The van der Waals surface area contributed by atoms with Crippen LogP contribution in [0.4, 0.5) is 0 Å². The molecule has 18 atom stereocenters. The molecule has 2 heterocycles. The average molecular weight is 1640 g/mol. The monoisotopic (exact) mass is 1640 g/mol. The predicted molar refractivity (Wildman–Crippen MR) is 435 cm³/mol. The van der Waals surface area contributed by atoms with E-state index in [-0.39, 0.29) is 25.7 Å². The Kier molecular flexibility index (Phi) is 61.8. The van der Waals surface area contributed by atoms with Crippen molar-refractivity contribution in [2.24, 2.45) is 0 Å². The number of allylic oxidation sites excluding steroid dienone is 2. The average Bonchev–Trinajstić information content (AvgIpc) is 0.754. The topological polar surface area (TPSA) is 380 Å². The first-order chi connectivity index (χ1) is 54.7. The van der Waals surface area contributed by atoms with E-state index in [1.54, 1.807) is 0 Å². The fourth-order valence-electron chi connectivity index (χ4n) is 15.0. The molecule has 26 heteroatoms. The van der Waals surface area contributed by atoms with Gasteiger partial charge in [0.05, 0.1) is 13.2 Å². The van der Waals surface area contributed by atoms with Gasteiger partial charge in [0.25, 0.3) is 0 Å². The van der Waals surface area contributed by atoms with Crippen LogP contribution < -0.4 is 0 Å². The molecule has 0 aromatic heterocycles. The molecule has 0 spiro atoms. The first-order valence-electron chi connectivity index (χ1n) is 45.4. The van der Waals surface area contributed by atoms with Gasteiger partial charge in [-0.3, -0.25) is 28.2 Å². The van der Waals surface area contributed by atoms with Gasteiger partial charge in [-0.05, 0) is 51.4 Å². The quantitative estimate of drug-likeness (QED) is 0.00889. The van der Waals surface area contributed by atoms with Gasteiger partial charge in [0.2, 0.25) is 0 Å². The van der Waals surface area contributed by atoms with Gasteiger partial charge in [0, 0.05) is 25.7 Å². The Balaban J connectivity index is 1.92. The second-order valence-electron chi connectivity index (χ2n) is 32.5. The minimum Gasteiger partial charge on any atom is -0.463 e. The molecule has 3 fully saturated rings. The van der Waals surface area contributed by atoms with E-state index in [4.69, 9.17) is 46.9 Å². The molecule has 2 aliphatic heterocycles. The number of phosphoric acid groups is 1. The molecule has 10 N–H and O–H groups in total. The maximum Gasteiger partial charge on any atom is 0.472 e. The van der Waals surface area contributed by atoms with Crippen LogP contribution in [0, 0.1) is 0 Å². The van der Waals surface area contributed by atoms with Crippen LogP contribution in [0.15, 0.2) is 12.2 Å². The summed E-state index contributed by atoms with van der Waals surface area (Å²) in [6, 6.07) is 0. The van der Waals surface area contributed by atoms with Crippen LogP contribution in [0.2, 0.25) is 0 Å². The number of esters is 4. The summed E-state index contributed by atoms with van der Waals surface area (Å²) < 4.78 is 73.3. The van der Waals surface area contributed by atoms with Gasteiger partial charge in [-0.25, -0.2) is 4.57 Å². The molecule has 0 aromatic carbocycles. The largest absolute Gasteiger partial charge is 0.472 e. The second kappa shape index (κ2) is 66.9. The first-order valence-corrected chi connectivity index (χ1v) is 46.9. The summed E-state index contributed by atoms with van der Waals surface area (Å²) in [6.45, 7) is 5.57. The van der Waals surface area contributed by atoms with Gasteiger partial charge >= 0.3 is 31.7 Å². The Morgan fingerprint density at radius 1 is 0.345 bits per heavy atom. The third-order valence-corrected chi connectivity index (χ3v) is 23.3. The van der Waals surface area contributed by atoms with Gasteiger partial charge in [0.15, 0.2) is 24.8 Å². The lowest BCUT2D eigenvalue weighted by Gasteiger charge is -2.50. The fraction of sp³-hybridized carbons (Fsp3) is 0.931. The molecule has 113 heavy (non-hydrogen) atoms. The molecule has 0 bridgehead atoms. The van der Waals surface area contributed by atoms with Gasteiger partial charge in [0.1, 0.15) is 92.6 Å². The lowest BCUT2D eigenvalue weighted by Crippen LogP contribution is -2.70. The molecule has 18 unspecified atom stereocenters. The van der Waals surface area contributed by atoms with Gasteiger partial charge < -0.3 is 88.7 Å². The summed E-state index contributed by atoms with van der Waals surface area (Å²) >= 11 is 0. The zero-order valence-electron chi connectivity index (χ0n) is 70.4. The molecule has 3 rings (SSSR count). The molecule has 664 valence electrons. The van der Waals surface area contributed by atoms with Gasteiger partial charge in [-0.1, -0.05) is 322 Å². The number of hydrogen-bond acceptors (Lipinski definition) is 24. The number of unbranched alkanes of at least 4 members (excludes halogenated alkanes) is 47. The summed E-state index contributed by atoms with van der Waals surface area (Å²) in [7, 11) is -5.80. The molecule has 25 nitrogen and oxygen atoms in total. The van der Waals surface area contributed by atoms with Crippen molar-refractivity contribution in [3.8, 4) is 0 Å². The number of rotatable bonds is 73. The summed E-state index contributed by atoms with van der Waals surface area (Å²) in [5.41, 5.74) is 0. The molecule has 0 aromatic rings. The predicted octanol–water partition coefficient (Wildman–Crippen LogP) is 16.0. The lowest BCUT2D eigenvalue weighted by molar-refractivity contribution is -0.360. The first kappa shape index (κ1) is 104. The molecule has 3 aliphatic rings. The van der Waals surface area contributed by atoms with Crippen molar-refractivity contribution in [1.29, 1.82) is 0 Å². The van der Waals surface area contributed by atoms with Crippen LogP contribution >= 0.6 is 7.82 Å². The van der Waals surface area contributed by atoms with E-state index in [9.17, 15) is 74.6 Å². The molecule has 2 saturated heterocycles. The molecular formula is C87H161O25P. The normalized spacial score (nSPS) is 25.5. The smallest absolute Gasteiger partial charge is 0.463 e. The highest BCUT2D eigenvalue weighted by Gasteiger charge is 2.60. The molecule has 1 saturated carbocycles. The fourth-order valence-corrected chi connectivity index (χ4v) is 16.0. The van der Waals surface area contributed by atoms with Crippen LogP contribution in [-0.4, -0.2) is 205 Å². The standard InChI is InChI=1S/C87H161O25P/c1-5-9-13-17-21-25-29-33-34-38-40-44-48-52-56-60-71(90)104-66-69-75(94)77(96)81(100)87(108-69)111-84-82(109-73(92)62-58-54-50-46-42-37-32-28-24-20-16-12-8-4)78(97)79(98)83(110-86-80(99)76(95)74(93)68(63-88)107-86)85(84)112-113(101,102)105-65-67(106-72(91)61-57-53-49-45-41-36-31-27-23-19-15-11-7-3)64-103-70(89)59-55-51-47-43-39-35-30-26-22-18-14-10-6-2/h25,29,67-69,74-88,93-100H,5-24,26-28,30-66H2,1-4H3,(H,101,102)/b29-25-. The van der Waals surface area contributed by atoms with E-state index in [2.05, 4.69) is 39.8 Å². The Morgan fingerprint density at radius 3 is 1.06 bits per heavy atom. The van der Waals surface area contributed by atoms with Crippen molar-refractivity contribution in [2.45, 2.75) is 491 Å². The number of ether oxygens (including phenoxy) is 8. The molecular weight excluding hydrogens is 1480 g/mol. The highest BCUT2D eigenvalue weighted by atomic mass is 31.2. The summed E-state index contributed by atoms with van der Waals surface area (Å²) in [6.07, 6.45) is 23.7. The van der Waals surface area contributed by atoms with Crippen LogP contribution in [0.3, 0.4) is 0 Å². The number of phosphoric ester groups is 1. The minimum atomic E-state index is -5.80. The third-order valence-electron chi connectivity index (χ3n) is 22.3. The Hall–Kier alpha value is -2.79. The molecule has 0 amide bonds. The van der Waals surface area contributed by atoms with Crippen molar-refractivity contribution in [3.63, 3.8) is 0 Å². The van der Waals surface area contributed by atoms with Crippen molar-refractivity contribution >= 4 is 31.7 Å². The van der Waals surface area contributed by atoms with Crippen LogP contribution in [0.25, 0.3) is 0 Å². The Bertz CT molecular complexity index is 2410. The highest BCUT2D eigenvalue weighted by Crippen LogP contribution is 2.49. The van der Waals surface area contributed by atoms with Gasteiger partial charge in [-0.15, -0.1) is 0 Å². The van der Waals surface area contributed by atoms with E-state index in [0.717, 1.165) is 148 Å². The van der Waals surface area contributed by atoms with E-state index in [1.807, 2.05) is 0 Å². The van der Waals surface area contributed by atoms with Crippen LogP contribution in [0.5, 0.6) is 0 Å². The third kappa shape index (κ3) is 47.7. The second-order valence-corrected chi connectivity index (χ2v) is 33.9. The van der Waals surface area contributed by atoms with Gasteiger partial charge in [-0.2, -0.15) is 0 Å².